The lowest BCUT2D eigenvalue weighted by atomic mass is 10.2. The molecule has 0 radical (unpaired) electrons. The number of thiophene rings is 1. The van der Waals surface area contributed by atoms with Crippen molar-refractivity contribution in [2.75, 3.05) is 11.1 Å². The lowest BCUT2D eigenvalue weighted by molar-refractivity contribution is -0.387. The molecule has 0 spiro atoms. The van der Waals surface area contributed by atoms with Gasteiger partial charge < -0.3 is 5.32 Å². The molecule has 0 fully saturated rings. The van der Waals surface area contributed by atoms with Crippen LogP contribution in [0.1, 0.15) is 16.9 Å². The van der Waals surface area contributed by atoms with E-state index in [1.807, 2.05) is 0 Å². The number of halogens is 1. The summed E-state index contributed by atoms with van der Waals surface area (Å²) >= 11 is 2.62. The second-order valence-electron chi connectivity index (χ2n) is 6.56. The molecule has 0 saturated carbocycles. The third-order valence-electron chi connectivity index (χ3n) is 4.66. The van der Waals surface area contributed by atoms with Crippen molar-refractivity contribution < 1.29 is 14.1 Å². The number of nitro groups is 1. The second-order valence-corrected chi connectivity index (χ2v) is 8.58. The Balaban J connectivity index is 1.51. The van der Waals surface area contributed by atoms with E-state index in [1.165, 1.54) is 26.8 Å². The van der Waals surface area contributed by atoms with Gasteiger partial charge in [0.2, 0.25) is 11.7 Å². The van der Waals surface area contributed by atoms with Crippen LogP contribution < -0.4 is 10.9 Å². The van der Waals surface area contributed by atoms with E-state index in [0.717, 1.165) is 48.7 Å². The number of amides is 1. The quantitative estimate of drug-likeness (QED) is 0.286. The lowest BCUT2D eigenvalue weighted by Gasteiger charge is -2.08. The standard InChI is InChI=1S/C18H15FN4O4S2/c1-22-17(25)15-10-3-2-4-13(10)29-16(15)21-18(22)28-8-14(24)20-9-5-6-11(19)12(7-9)23(26)27/h5-7H,2-4,8H2,1H3,(H,20,24). The number of rotatable bonds is 5. The Morgan fingerprint density at radius 3 is 3.00 bits per heavy atom. The lowest BCUT2D eigenvalue weighted by Crippen LogP contribution is -2.21. The molecule has 1 aliphatic rings. The Hall–Kier alpha value is -2.79. The summed E-state index contributed by atoms with van der Waals surface area (Å²) in [4.78, 5) is 41.4. The van der Waals surface area contributed by atoms with E-state index >= 15 is 0 Å². The van der Waals surface area contributed by atoms with Crippen LogP contribution in [0.15, 0.2) is 28.2 Å². The predicted molar refractivity (Wildman–Crippen MR) is 109 cm³/mol. The first-order valence-corrected chi connectivity index (χ1v) is 10.5. The summed E-state index contributed by atoms with van der Waals surface area (Å²) in [5, 5.41) is 14.4. The first-order chi connectivity index (χ1) is 13.8. The van der Waals surface area contributed by atoms with Gasteiger partial charge in [0.1, 0.15) is 4.83 Å². The topological polar surface area (TPSA) is 107 Å². The molecular weight excluding hydrogens is 419 g/mol. The number of nitrogens with zero attached hydrogens (tertiary/aromatic N) is 3. The Labute approximate surface area is 171 Å². The van der Waals surface area contributed by atoms with Crippen molar-refractivity contribution in [3.05, 3.63) is 54.9 Å². The number of benzene rings is 1. The van der Waals surface area contributed by atoms with E-state index < -0.39 is 22.3 Å². The molecule has 4 rings (SSSR count). The summed E-state index contributed by atoms with van der Waals surface area (Å²) in [6.45, 7) is 0. The Morgan fingerprint density at radius 2 is 2.24 bits per heavy atom. The molecule has 0 aliphatic heterocycles. The van der Waals surface area contributed by atoms with E-state index in [0.29, 0.717) is 15.4 Å². The molecule has 1 aromatic carbocycles. The maximum absolute atomic E-state index is 13.4. The van der Waals surface area contributed by atoms with Gasteiger partial charge in [-0.1, -0.05) is 11.8 Å². The van der Waals surface area contributed by atoms with Crippen molar-refractivity contribution in [3.8, 4) is 0 Å². The number of fused-ring (bicyclic) bond motifs is 3. The van der Waals surface area contributed by atoms with E-state index in [2.05, 4.69) is 10.3 Å². The van der Waals surface area contributed by atoms with Gasteiger partial charge in [-0.25, -0.2) is 4.98 Å². The minimum absolute atomic E-state index is 0.0535. The second kappa shape index (κ2) is 7.56. The van der Waals surface area contributed by atoms with Gasteiger partial charge in [0.25, 0.3) is 5.56 Å². The van der Waals surface area contributed by atoms with Crippen LogP contribution in [0.5, 0.6) is 0 Å². The van der Waals surface area contributed by atoms with Crippen LogP contribution in [0.3, 0.4) is 0 Å². The number of nitro benzene ring substituents is 1. The zero-order valence-corrected chi connectivity index (χ0v) is 16.9. The predicted octanol–water partition coefficient (Wildman–Crippen LogP) is 3.26. The van der Waals surface area contributed by atoms with Crippen LogP contribution in [0.2, 0.25) is 0 Å². The molecule has 150 valence electrons. The summed E-state index contributed by atoms with van der Waals surface area (Å²) in [5.74, 6) is -1.47. The minimum atomic E-state index is -0.974. The molecule has 1 N–H and O–H groups in total. The smallest absolute Gasteiger partial charge is 0.306 e. The molecule has 8 nitrogen and oxygen atoms in total. The maximum atomic E-state index is 13.4. The third kappa shape index (κ3) is 3.62. The number of aryl methyl sites for hydroxylation is 2. The van der Waals surface area contributed by atoms with Crippen LogP contribution in [0.25, 0.3) is 10.2 Å². The first-order valence-electron chi connectivity index (χ1n) is 8.73. The number of hydrogen-bond donors (Lipinski definition) is 1. The number of nitrogens with one attached hydrogen (secondary N) is 1. The monoisotopic (exact) mass is 434 g/mol. The number of carbonyl (C=O) groups excluding carboxylic acids is 1. The third-order valence-corrected chi connectivity index (χ3v) is 6.88. The fourth-order valence-electron chi connectivity index (χ4n) is 3.29. The number of hydrogen-bond acceptors (Lipinski definition) is 7. The molecule has 2 aromatic heterocycles. The molecular formula is C18H15FN4O4S2. The summed E-state index contributed by atoms with van der Waals surface area (Å²) in [6, 6.07) is 3.14. The van der Waals surface area contributed by atoms with Crippen LogP contribution in [-0.4, -0.2) is 26.1 Å². The van der Waals surface area contributed by atoms with Gasteiger partial charge in [0.05, 0.1) is 16.1 Å². The number of thioether (sulfide) groups is 1. The highest BCUT2D eigenvalue weighted by atomic mass is 32.2. The molecule has 0 atom stereocenters. The molecule has 0 bridgehead atoms. The number of carbonyl (C=O) groups is 1. The van der Waals surface area contributed by atoms with E-state index in [-0.39, 0.29) is 17.0 Å². The van der Waals surface area contributed by atoms with Gasteiger partial charge in [-0.2, -0.15) is 4.39 Å². The highest BCUT2D eigenvalue weighted by molar-refractivity contribution is 7.99. The van der Waals surface area contributed by atoms with Crippen molar-refractivity contribution in [3.63, 3.8) is 0 Å². The largest absolute Gasteiger partial charge is 0.325 e. The summed E-state index contributed by atoms with van der Waals surface area (Å²) in [5.41, 5.74) is 0.392. The molecule has 1 aliphatic carbocycles. The van der Waals surface area contributed by atoms with Crippen molar-refractivity contribution in [2.24, 2.45) is 7.05 Å². The fraction of sp³-hybridized carbons (Fsp3) is 0.278. The summed E-state index contributed by atoms with van der Waals surface area (Å²) in [6.07, 6.45) is 2.91. The molecule has 3 aromatic rings. The normalized spacial score (nSPS) is 12.9. The van der Waals surface area contributed by atoms with Crippen molar-refractivity contribution in [1.29, 1.82) is 0 Å². The van der Waals surface area contributed by atoms with E-state index in [4.69, 9.17) is 0 Å². The Bertz CT molecular complexity index is 1220. The highest BCUT2D eigenvalue weighted by Gasteiger charge is 2.23. The first kappa shape index (κ1) is 19.5. The molecule has 0 saturated heterocycles. The SMILES string of the molecule is Cn1c(SCC(=O)Nc2ccc(F)c([N+](=O)[O-])c2)nc2sc3c(c2c1=O)CCC3. The van der Waals surface area contributed by atoms with Crippen LogP contribution >= 0.6 is 23.1 Å². The van der Waals surface area contributed by atoms with Crippen LogP contribution in [-0.2, 0) is 24.7 Å². The summed E-state index contributed by atoms with van der Waals surface area (Å²) in [7, 11) is 1.62. The van der Waals surface area contributed by atoms with Gasteiger partial charge in [-0.3, -0.25) is 24.3 Å². The Morgan fingerprint density at radius 1 is 1.45 bits per heavy atom. The average Bonchev–Trinajstić information content (AvgIpc) is 3.25. The molecule has 11 heteroatoms. The number of anilines is 1. The van der Waals surface area contributed by atoms with E-state index in [9.17, 15) is 24.1 Å². The fourth-order valence-corrected chi connectivity index (χ4v) is 5.37. The maximum Gasteiger partial charge on any atom is 0.306 e. The minimum Gasteiger partial charge on any atom is -0.325 e. The Kier molecular flexibility index (Phi) is 5.09. The molecule has 2 heterocycles. The van der Waals surface area contributed by atoms with Crippen LogP contribution in [0.4, 0.5) is 15.8 Å². The molecule has 29 heavy (non-hydrogen) atoms. The zero-order chi connectivity index (χ0) is 20.7. The highest BCUT2D eigenvalue weighted by Crippen LogP contribution is 2.35. The zero-order valence-electron chi connectivity index (χ0n) is 15.2. The van der Waals surface area contributed by atoms with Crippen molar-refractivity contribution >= 4 is 50.6 Å². The van der Waals surface area contributed by atoms with Gasteiger partial charge >= 0.3 is 5.69 Å². The summed E-state index contributed by atoms with van der Waals surface area (Å²) < 4.78 is 14.8. The van der Waals surface area contributed by atoms with Gasteiger partial charge in [-0.05, 0) is 37.0 Å². The van der Waals surface area contributed by atoms with Crippen molar-refractivity contribution in [1.82, 2.24) is 9.55 Å². The molecule has 0 unspecified atom stereocenters. The number of aromatic nitrogens is 2. The van der Waals surface area contributed by atoms with Crippen molar-refractivity contribution in [2.45, 2.75) is 24.4 Å². The van der Waals surface area contributed by atoms with Gasteiger partial charge in [0, 0.05) is 23.7 Å². The van der Waals surface area contributed by atoms with Crippen LogP contribution in [0, 0.1) is 15.9 Å². The van der Waals surface area contributed by atoms with Gasteiger partial charge in [-0.15, -0.1) is 11.3 Å². The van der Waals surface area contributed by atoms with Gasteiger partial charge in [0.15, 0.2) is 5.16 Å². The molecule has 1 amide bonds. The van der Waals surface area contributed by atoms with E-state index in [1.54, 1.807) is 7.05 Å². The average molecular weight is 434 g/mol.